The number of hydrogen-bond acceptors (Lipinski definition) is 6. The second-order valence-electron chi connectivity index (χ2n) is 7.44. The summed E-state index contributed by atoms with van der Waals surface area (Å²) < 4.78 is 0. The fourth-order valence-electron chi connectivity index (χ4n) is 4.36. The Morgan fingerprint density at radius 3 is 2.69 bits per heavy atom. The molecule has 6 heteroatoms. The summed E-state index contributed by atoms with van der Waals surface area (Å²) in [5.41, 5.74) is 2.53. The van der Waals surface area contributed by atoms with Crippen LogP contribution in [0.5, 0.6) is 5.75 Å². The molecule has 3 heterocycles. The van der Waals surface area contributed by atoms with E-state index >= 15 is 0 Å². The van der Waals surface area contributed by atoms with E-state index < -0.39 is 0 Å². The second kappa shape index (κ2) is 6.58. The van der Waals surface area contributed by atoms with E-state index in [9.17, 15) is 5.11 Å². The van der Waals surface area contributed by atoms with Crippen LogP contribution in [0, 0.1) is 24.2 Å². The van der Waals surface area contributed by atoms with E-state index in [1.807, 2.05) is 19.1 Å². The van der Waals surface area contributed by atoms with Crippen molar-refractivity contribution >= 4 is 5.82 Å². The predicted molar refractivity (Wildman–Crippen MR) is 99.9 cm³/mol. The fraction of sp³-hybridized carbons (Fsp3) is 0.450. The quantitative estimate of drug-likeness (QED) is 0.898. The standard InChI is InChI=1S/C20H23N5O/c1-13-9-14(11-21)10-18(26)20(13)16-3-4-19(23-22-16)25-8-6-15-5-7-24(2)12-17(15)25/h3-4,9-10,15,17,26H,5-8,12H2,1-2H3/t15-,17-/m0/s1. The summed E-state index contributed by atoms with van der Waals surface area (Å²) in [5.74, 6) is 1.72. The van der Waals surface area contributed by atoms with Crippen molar-refractivity contribution in [3.8, 4) is 23.1 Å². The van der Waals surface area contributed by atoms with Gasteiger partial charge in [-0.05, 0) is 69.1 Å². The first-order valence-electron chi connectivity index (χ1n) is 9.10. The third-order valence-corrected chi connectivity index (χ3v) is 5.71. The molecule has 0 saturated carbocycles. The molecular weight excluding hydrogens is 326 g/mol. The Hall–Kier alpha value is -2.65. The van der Waals surface area contributed by atoms with Crippen molar-refractivity contribution in [3.05, 3.63) is 35.4 Å². The van der Waals surface area contributed by atoms with E-state index in [-0.39, 0.29) is 5.75 Å². The van der Waals surface area contributed by atoms with E-state index in [1.54, 1.807) is 6.07 Å². The van der Waals surface area contributed by atoms with Gasteiger partial charge in [-0.2, -0.15) is 5.26 Å². The van der Waals surface area contributed by atoms with Crippen molar-refractivity contribution in [1.82, 2.24) is 15.1 Å². The SMILES string of the molecule is Cc1cc(C#N)cc(O)c1-c1ccc(N2CC[C@@H]3CCN(C)C[C@@H]32)nn1. The minimum absolute atomic E-state index is 0.0683. The average Bonchev–Trinajstić information content (AvgIpc) is 3.04. The molecule has 0 unspecified atom stereocenters. The van der Waals surface area contributed by atoms with Crippen molar-refractivity contribution in [3.63, 3.8) is 0 Å². The summed E-state index contributed by atoms with van der Waals surface area (Å²) in [7, 11) is 2.18. The maximum absolute atomic E-state index is 10.3. The third-order valence-electron chi connectivity index (χ3n) is 5.71. The number of fused-ring (bicyclic) bond motifs is 1. The van der Waals surface area contributed by atoms with Gasteiger partial charge >= 0.3 is 0 Å². The van der Waals surface area contributed by atoms with Gasteiger partial charge < -0.3 is 14.9 Å². The van der Waals surface area contributed by atoms with Gasteiger partial charge in [0.25, 0.3) is 0 Å². The van der Waals surface area contributed by atoms with E-state index in [2.05, 4.69) is 33.1 Å². The lowest BCUT2D eigenvalue weighted by Crippen LogP contribution is -2.47. The van der Waals surface area contributed by atoms with Crippen LogP contribution in [-0.2, 0) is 0 Å². The summed E-state index contributed by atoms with van der Waals surface area (Å²) in [5, 5.41) is 28.1. The molecule has 0 bridgehead atoms. The Kier molecular flexibility index (Phi) is 4.25. The van der Waals surface area contributed by atoms with Crippen LogP contribution in [0.15, 0.2) is 24.3 Å². The average molecular weight is 349 g/mol. The molecule has 134 valence electrons. The molecule has 4 rings (SSSR count). The molecule has 2 fully saturated rings. The van der Waals surface area contributed by atoms with Gasteiger partial charge in [0.05, 0.1) is 17.3 Å². The van der Waals surface area contributed by atoms with E-state index in [0.717, 1.165) is 30.4 Å². The first-order chi connectivity index (χ1) is 12.6. The Morgan fingerprint density at radius 2 is 2.00 bits per heavy atom. The minimum Gasteiger partial charge on any atom is -0.507 e. The lowest BCUT2D eigenvalue weighted by atomic mass is 9.92. The number of piperidine rings is 1. The molecule has 1 aromatic heterocycles. The summed E-state index contributed by atoms with van der Waals surface area (Å²) in [6.07, 6.45) is 2.47. The summed E-state index contributed by atoms with van der Waals surface area (Å²) in [6, 6.07) is 9.71. The lowest BCUT2D eigenvalue weighted by Gasteiger charge is -2.36. The van der Waals surface area contributed by atoms with Gasteiger partial charge in [-0.3, -0.25) is 0 Å². The van der Waals surface area contributed by atoms with Crippen LogP contribution in [0.3, 0.4) is 0 Å². The Balaban J connectivity index is 1.61. The highest BCUT2D eigenvalue weighted by atomic mass is 16.3. The zero-order chi connectivity index (χ0) is 18.3. The summed E-state index contributed by atoms with van der Waals surface area (Å²) in [4.78, 5) is 4.77. The number of nitriles is 1. The van der Waals surface area contributed by atoms with Crippen LogP contribution in [0.1, 0.15) is 24.0 Å². The Bertz CT molecular complexity index is 834. The van der Waals surface area contributed by atoms with Crippen LogP contribution in [-0.4, -0.2) is 52.9 Å². The number of aromatic nitrogens is 2. The van der Waals surface area contributed by atoms with Crippen molar-refractivity contribution < 1.29 is 5.11 Å². The number of anilines is 1. The van der Waals surface area contributed by atoms with E-state index in [0.29, 0.717) is 22.9 Å². The molecule has 1 N–H and O–H groups in total. The van der Waals surface area contributed by atoms with Crippen LogP contribution in [0.25, 0.3) is 11.3 Å². The molecule has 6 nitrogen and oxygen atoms in total. The summed E-state index contributed by atoms with van der Waals surface area (Å²) >= 11 is 0. The molecule has 2 aliphatic heterocycles. The maximum Gasteiger partial charge on any atom is 0.151 e. The molecular formula is C20H23N5O. The Morgan fingerprint density at radius 1 is 1.19 bits per heavy atom. The Labute approximate surface area is 153 Å². The van der Waals surface area contributed by atoms with Crippen LogP contribution < -0.4 is 4.90 Å². The van der Waals surface area contributed by atoms with Gasteiger partial charge in [-0.15, -0.1) is 10.2 Å². The first kappa shape index (κ1) is 16.8. The minimum atomic E-state index is 0.0683. The largest absolute Gasteiger partial charge is 0.507 e. The second-order valence-corrected chi connectivity index (χ2v) is 7.44. The first-order valence-corrected chi connectivity index (χ1v) is 9.10. The highest BCUT2D eigenvalue weighted by Crippen LogP contribution is 2.35. The molecule has 2 atom stereocenters. The van der Waals surface area contributed by atoms with Crippen LogP contribution in [0.4, 0.5) is 5.82 Å². The van der Waals surface area contributed by atoms with Crippen molar-refractivity contribution in [2.45, 2.75) is 25.8 Å². The van der Waals surface area contributed by atoms with Gasteiger partial charge in [-0.25, -0.2) is 0 Å². The van der Waals surface area contributed by atoms with Gasteiger partial charge in [-0.1, -0.05) is 0 Å². The number of likely N-dealkylation sites (N-methyl/N-ethyl adjacent to an activating group) is 1. The smallest absolute Gasteiger partial charge is 0.151 e. The van der Waals surface area contributed by atoms with Crippen LogP contribution in [0.2, 0.25) is 0 Å². The maximum atomic E-state index is 10.3. The molecule has 0 spiro atoms. The number of benzene rings is 1. The fourth-order valence-corrected chi connectivity index (χ4v) is 4.36. The normalized spacial score (nSPS) is 22.9. The molecule has 26 heavy (non-hydrogen) atoms. The summed E-state index contributed by atoms with van der Waals surface area (Å²) in [6.45, 7) is 5.15. The van der Waals surface area contributed by atoms with E-state index in [1.165, 1.54) is 25.5 Å². The number of likely N-dealkylation sites (tertiary alicyclic amines) is 1. The number of aryl methyl sites for hydroxylation is 1. The van der Waals surface area contributed by atoms with Gasteiger partial charge in [0.1, 0.15) is 5.75 Å². The zero-order valence-electron chi connectivity index (χ0n) is 15.2. The van der Waals surface area contributed by atoms with Crippen molar-refractivity contribution in [2.24, 2.45) is 5.92 Å². The number of aromatic hydroxyl groups is 1. The predicted octanol–water partition coefficient (Wildman–Crippen LogP) is 2.56. The number of rotatable bonds is 2. The van der Waals surface area contributed by atoms with Crippen molar-refractivity contribution in [1.29, 1.82) is 5.26 Å². The number of phenols is 1. The molecule has 2 aromatic rings. The number of phenolic OH excluding ortho intramolecular Hbond substituents is 1. The zero-order valence-corrected chi connectivity index (χ0v) is 15.2. The van der Waals surface area contributed by atoms with E-state index in [4.69, 9.17) is 5.26 Å². The lowest BCUT2D eigenvalue weighted by molar-refractivity contribution is 0.207. The van der Waals surface area contributed by atoms with Gasteiger partial charge in [0, 0.05) is 24.7 Å². The molecule has 2 aliphatic rings. The van der Waals surface area contributed by atoms with Crippen LogP contribution >= 0.6 is 0 Å². The monoisotopic (exact) mass is 349 g/mol. The van der Waals surface area contributed by atoms with Gasteiger partial charge in [0.15, 0.2) is 5.82 Å². The molecule has 1 aromatic carbocycles. The van der Waals surface area contributed by atoms with Crippen molar-refractivity contribution in [2.75, 3.05) is 31.6 Å². The highest BCUT2D eigenvalue weighted by Gasteiger charge is 2.38. The third kappa shape index (κ3) is 2.89. The number of hydrogen-bond donors (Lipinski definition) is 1. The highest BCUT2D eigenvalue weighted by molar-refractivity contribution is 5.72. The number of nitrogens with zero attached hydrogens (tertiary/aromatic N) is 5. The van der Waals surface area contributed by atoms with Gasteiger partial charge in [0.2, 0.25) is 0 Å². The molecule has 0 amide bonds. The molecule has 0 aliphatic carbocycles. The topological polar surface area (TPSA) is 76.3 Å². The molecule has 2 saturated heterocycles. The molecule has 0 radical (unpaired) electrons.